The van der Waals surface area contributed by atoms with Crippen LogP contribution in [0.15, 0.2) is 41.0 Å². The zero-order valence-corrected chi connectivity index (χ0v) is 12.4. The molecule has 6 heteroatoms. The second kappa shape index (κ2) is 6.91. The second-order valence-corrected chi connectivity index (χ2v) is 4.94. The first-order valence-corrected chi connectivity index (χ1v) is 6.86. The molecule has 0 saturated carbocycles. The lowest BCUT2D eigenvalue weighted by Gasteiger charge is -2.11. The van der Waals surface area contributed by atoms with E-state index in [1.807, 2.05) is 19.9 Å². The van der Waals surface area contributed by atoms with Gasteiger partial charge in [0.25, 0.3) is 0 Å². The SMILES string of the molecule is Cc1cccc(NC(=O)C(=O)NCC(O)c2ccco2)c1C. The van der Waals surface area contributed by atoms with Crippen molar-refractivity contribution in [3.63, 3.8) is 0 Å². The number of hydrogen-bond acceptors (Lipinski definition) is 4. The molecule has 1 atom stereocenters. The molecule has 116 valence electrons. The lowest BCUT2D eigenvalue weighted by atomic mass is 10.1. The van der Waals surface area contributed by atoms with Crippen molar-refractivity contribution in [1.82, 2.24) is 5.32 Å². The number of anilines is 1. The van der Waals surface area contributed by atoms with Crippen LogP contribution in [0.2, 0.25) is 0 Å². The van der Waals surface area contributed by atoms with Gasteiger partial charge in [0.1, 0.15) is 11.9 Å². The third-order valence-corrected chi connectivity index (χ3v) is 3.39. The number of rotatable bonds is 4. The monoisotopic (exact) mass is 302 g/mol. The molecule has 2 aromatic rings. The van der Waals surface area contributed by atoms with Gasteiger partial charge >= 0.3 is 11.8 Å². The number of aryl methyl sites for hydroxylation is 1. The van der Waals surface area contributed by atoms with E-state index in [1.54, 1.807) is 24.3 Å². The van der Waals surface area contributed by atoms with Crippen LogP contribution in [0.4, 0.5) is 5.69 Å². The van der Waals surface area contributed by atoms with Crippen molar-refractivity contribution >= 4 is 17.5 Å². The van der Waals surface area contributed by atoms with Crippen LogP contribution in [-0.4, -0.2) is 23.5 Å². The van der Waals surface area contributed by atoms with Crippen LogP contribution in [-0.2, 0) is 9.59 Å². The van der Waals surface area contributed by atoms with Gasteiger partial charge in [-0.25, -0.2) is 0 Å². The van der Waals surface area contributed by atoms with E-state index < -0.39 is 17.9 Å². The highest BCUT2D eigenvalue weighted by molar-refractivity contribution is 6.39. The van der Waals surface area contributed by atoms with E-state index in [2.05, 4.69) is 10.6 Å². The van der Waals surface area contributed by atoms with Crippen molar-refractivity contribution < 1.29 is 19.1 Å². The Balaban J connectivity index is 1.90. The van der Waals surface area contributed by atoms with Gasteiger partial charge in [0.05, 0.1) is 12.8 Å². The molecule has 0 radical (unpaired) electrons. The molecule has 6 nitrogen and oxygen atoms in total. The second-order valence-electron chi connectivity index (χ2n) is 4.94. The fraction of sp³-hybridized carbons (Fsp3) is 0.250. The molecular weight excluding hydrogens is 284 g/mol. The highest BCUT2D eigenvalue weighted by atomic mass is 16.4. The standard InChI is InChI=1S/C16H18N2O4/c1-10-5-3-6-12(11(10)2)18-16(21)15(20)17-9-13(19)14-7-4-8-22-14/h3-8,13,19H,9H2,1-2H3,(H,17,20)(H,18,21). The Morgan fingerprint density at radius 1 is 1.18 bits per heavy atom. The van der Waals surface area contributed by atoms with Gasteiger partial charge < -0.3 is 20.2 Å². The van der Waals surface area contributed by atoms with Gasteiger partial charge in [-0.1, -0.05) is 12.1 Å². The summed E-state index contributed by atoms with van der Waals surface area (Å²) in [5.41, 5.74) is 2.51. The van der Waals surface area contributed by atoms with E-state index in [-0.39, 0.29) is 6.54 Å². The highest BCUT2D eigenvalue weighted by Crippen LogP contribution is 2.17. The molecule has 2 amide bonds. The molecule has 0 saturated heterocycles. The zero-order valence-electron chi connectivity index (χ0n) is 12.4. The van der Waals surface area contributed by atoms with Crippen LogP contribution >= 0.6 is 0 Å². The summed E-state index contributed by atoms with van der Waals surface area (Å²) in [6.07, 6.45) is 0.431. The highest BCUT2D eigenvalue weighted by Gasteiger charge is 2.17. The van der Waals surface area contributed by atoms with Crippen LogP contribution in [0.5, 0.6) is 0 Å². The Morgan fingerprint density at radius 3 is 2.64 bits per heavy atom. The summed E-state index contributed by atoms with van der Waals surface area (Å²) in [5, 5.41) is 14.7. The van der Waals surface area contributed by atoms with Crippen molar-refractivity contribution in [2.45, 2.75) is 20.0 Å². The van der Waals surface area contributed by atoms with E-state index in [0.717, 1.165) is 11.1 Å². The number of amides is 2. The largest absolute Gasteiger partial charge is 0.467 e. The van der Waals surface area contributed by atoms with Crippen LogP contribution in [0, 0.1) is 13.8 Å². The number of nitrogens with one attached hydrogen (secondary N) is 2. The first-order valence-electron chi connectivity index (χ1n) is 6.86. The Hall–Kier alpha value is -2.60. The maximum Gasteiger partial charge on any atom is 0.313 e. The van der Waals surface area contributed by atoms with Gasteiger partial charge in [0, 0.05) is 5.69 Å². The number of carbonyl (C=O) groups excluding carboxylic acids is 2. The quantitative estimate of drug-likeness (QED) is 0.749. The van der Waals surface area contributed by atoms with E-state index in [9.17, 15) is 14.7 Å². The molecule has 0 aliphatic heterocycles. The van der Waals surface area contributed by atoms with Crippen molar-refractivity contribution in [1.29, 1.82) is 0 Å². The van der Waals surface area contributed by atoms with Crippen LogP contribution in [0.1, 0.15) is 23.0 Å². The smallest absolute Gasteiger partial charge is 0.313 e. The minimum atomic E-state index is -0.993. The third kappa shape index (κ3) is 3.73. The number of benzene rings is 1. The molecule has 1 heterocycles. The van der Waals surface area contributed by atoms with Gasteiger partial charge in [0.2, 0.25) is 0 Å². The summed E-state index contributed by atoms with van der Waals surface area (Å²) in [7, 11) is 0. The van der Waals surface area contributed by atoms with Crippen LogP contribution < -0.4 is 10.6 Å². The molecule has 1 aromatic carbocycles. The molecule has 1 aromatic heterocycles. The van der Waals surface area contributed by atoms with Gasteiger partial charge in [-0.05, 0) is 43.2 Å². The van der Waals surface area contributed by atoms with Gasteiger partial charge in [-0.3, -0.25) is 9.59 Å². The third-order valence-electron chi connectivity index (χ3n) is 3.39. The Kier molecular flexibility index (Phi) is 4.95. The first kappa shape index (κ1) is 15.8. The molecular formula is C16H18N2O4. The van der Waals surface area contributed by atoms with E-state index >= 15 is 0 Å². The average molecular weight is 302 g/mol. The molecule has 0 bridgehead atoms. The van der Waals surface area contributed by atoms with Crippen molar-refractivity contribution in [2.75, 3.05) is 11.9 Å². The summed E-state index contributed by atoms with van der Waals surface area (Å²) in [6.45, 7) is 3.68. The summed E-state index contributed by atoms with van der Waals surface area (Å²) in [6, 6.07) is 8.67. The molecule has 1 unspecified atom stereocenters. The fourth-order valence-electron chi connectivity index (χ4n) is 1.92. The minimum absolute atomic E-state index is 0.105. The van der Waals surface area contributed by atoms with Gasteiger partial charge in [-0.2, -0.15) is 0 Å². The summed E-state index contributed by atoms with van der Waals surface area (Å²) in [4.78, 5) is 23.6. The topological polar surface area (TPSA) is 91.6 Å². The van der Waals surface area contributed by atoms with Crippen molar-refractivity contribution in [3.8, 4) is 0 Å². The average Bonchev–Trinajstić information content (AvgIpc) is 3.03. The van der Waals surface area contributed by atoms with E-state index in [0.29, 0.717) is 11.4 Å². The Morgan fingerprint density at radius 2 is 1.95 bits per heavy atom. The molecule has 0 aliphatic rings. The number of furan rings is 1. The molecule has 0 spiro atoms. The molecule has 0 aliphatic carbocycles. The Labute approximate surface area is 128 Å². The van der Waals surface area contributed by atoms with Gasteiger partial charge in [0.15, 0.2) is 0 Å². The van der Waals surface area contributed by atoms with Crippen molar-refractivity contribution in [3.05, 3.63) is 53.5 Å². The predicted molar refractivity (Wildman–Crippen MR) is 81.2 cm³/mol. The first-order chi connectivity index (χ1) is 10.5. The maximum absolute atomic E-state index is 11.8. The summed E-state index contributed by atoms with van der Waals surface area (Å²) in [5.74, 6) is -1.26. The molecule has 22 heavy (non-hydrogen) atoms. The van der Waals surface area contributed by atoms with Crippen LogP contribution in [0.3, 0.4) is 0 Å². The lowest BCUT2D eigenvalue weighted by molar-refractivity contribution is -0.136. The maximum atomic E-state index is 11.8. The van der Waals surface area contributed by atoms with E-state index in [1.165, 1.54) is 6.26 Å². The predicted octanol–water partition coefficient (Wildman–Crippen LogP) is 1.68. The fourth-order valence-corrected chi connectivity index (χ4v) is 1.92. The summed E-state index contributed by atoms with van der Waals surface area (Å²) < 4.78 is 5.01. The number of aliphatic hydroxyl groups is 1. The molecule has 2 rings (SSSR count). The number of carbonyl (C=O) groups is 2. The summed E-state index contributed by atoms with van der Waals surface area (Å²) >= 11 is 0. The number of hydrogen-bond donors (Lipinski definition) is 3. The minimum Gasteiger partial charge on any atom is -0.467 e. The molecule has 0 fully saturated rings. The van der Waals surface area contributed by atoms with Crippen LogP contribution in [0.25, 0.3) is 0 Å². The lowest BCUT2D eigenvalue weighted by Crippen LogP contribution is -2.37. The van der Waals surface area contributed by atoms with Crippen molar-refractivity contribution in [2.24, 2.45) is 0 Å². The van der Waals surface area contributed by atoms with E-state index in [4.69, 9.17) is 4.42 Å². The zero-order chi connectivity index (χ0) is 16.1. The van der Waals surface area contributed by atoms with Gasteiger partial charge in [-0.15, -0.1) is 0 Å². The normalized spacial score (nSPS) is 11.8. The Bertz CT molecular complexity index is 665. The number of aliphatic hydroxyl groups excluding tert-OH is 1. The molecule has 3 N–H and O–H groups in total.